The molecule has 0 aliphatic rings. The van der Waals surface area contributed by atoms with Crippen LogP contribution < -0.4 is 5.32 Å². The maximum Gasteiger partial charge on any atom is 0.235 e. The third-order valence-corrected chi connectivity index (χ3v) is 3.39. The average Bonchev–Trinajstić information content (AvgIpc) is 2.77. The Kier molecular flexibility index (Phi) is 4.16. The zero-order valence-corrected chi connectivity index (χ0v) is 10.9. The van der Waals surface area contributed by atoms with Gasteiger partial charge in [-0.1, -0.05) is 17.8 Å². The number of carbonyl (C=O) groups excluding carboxylic acids is 1. The molecule has 1 aromatic carbocycles. The van der Waals surface area contributed by atoms with Crippen LogP contribution in [0.4, 0.5) is 14.5 Å². The predicted molar refractivity (Wildman–Crippen MR) is 68.9 cm³/mol. The minimum Gasteiger partial charge on any atom is -0.329 e. The van der Waals surface area contributed by atoms with Gasteiger partial charge in [0.25, 0.3) is 0 Å². The number of nitrogens with zero attached hydrogens (tertiary/aromatic N) is 2. The van der Waals surface area contributed by atoms with E-state index in [-0.39, 0.29) is 5.75 Å². The quantitative estimate of drug-likeness (QED) is 0.877. The molecule has 19 heavy (non-hydrogen) atoms. The summed E-state index contributed by atoms with van der Waals surface area (Å²) in [5.41, 5.74) is -0.423. The number of thioether (sulfide) groups is 1. The second kappa shape index (κ2) is 5.83. The molecule has 0 radical (unpaired) electrons. The first-order valence-electron chi connectivity index (χ1n) is 5.42. The predicted octanol–water partition coefficient (Wildman–Crippen LogP) is 2.43. The molecule has 0 atom stereocenters. The number of aromatic nitrogens is 2. The molecule has 100 valence electrons. The Morgan fingerprint density at radius 1 is 1.42 bits per heavy atom. The molecular formula is C12H11F2N3OS. The van der Waals surface area contributed by atoms with E-state index >= 15 is 0 Å². The number of para-hydroxylation sites is 1. The number of anilines is 1. The van der Waals surface area contributed by atoms with Crippen molar-refractivity contribution in [1.29, 1.82) is 0 Å². The number of nitrogens with one attached hydrogen (secondary N) is 1. The topological polar surface area (TPSA) is 46.9 Å². The highest BCUT2D eigenvalue weighted by Crippen LogP contribution is 2.19. The minimum atomic E-state index is -0.796. The Morgan fingerprint density at radius 3 is 2.68 bits per heavy atom. The number of imidazole rings is 1. The summed E-state index contributed by atoms with van der Waals surface area (Å²) >= 11 is 1.19. The van der Waals surface area contributed by atoms with Gasteiger partial charge in [0.05, 0.1) is 5.75 Å². The van der Waals surface area contributed by atoms with Crippen molar-refractivity contribution in [1.82, 2.24) is 9.55 Å². The summed E-state index contributed by atoms with van der Waals surface area (Å²) in [6.07, 6.45) is 3.35. The lowest BCUT2D eigenvalue weighted by Gasteiger charge is -2.07. The largest absolute Gasteiger partial charge is 0.329 e. The smallest absolute Gasteiger partial charge is 0.235 e. The summed E-state index contributed by atoms with van der Waals surface area (Å²) in [4.78, 5) is 15.6. The molecule has 0 aliphatic heterocycles. The van der Waals surface area contributed by atoms with Crippen LogP contribution >= 0.6 is 11.8 Å². The van der Waals surface area contributed by atoms with E-state index < -0.39 is 23.2 Å². The molecule has 0 fully saturated rings. The lowest BCUT2D eigenvalue weighted by molar-refractivity contribution is -0.113. The highest BCUT2D eigenvalue weighted by atomic mass is 32.2. The van der Waals surface area contributed by atoms with Crippen LogP contribution in [0.5, 0.6) is 0 Å². The lowest BCUT2D eigenvalue weighted by atomic mass is 10.3. The second-order valence-electron chi connectivity index (χ2n) is 3.75. The van der Waals surface area contributed by atoms with E-state index in [1.54, 1.807) is 24.0 Å². The third kappa shape index (κ3) is 3.31. The van der Waals surface area contributed by atoms with Crippen LogP contribution in [0.3, 0.4) is 0 Å². The number of amides is 1. The fourth-order valence-corrected chi connectivity index (χ4v) is 2.15. The van der Waals surface area contributed by atoms with Crippen LogP contribution in [0.25, 0.3) is 0 Å². The van der Waals surface area contributed by atoms with Crippen LogP contribution in [-0.2, 0) is 11.8 Å². The van der Waals surface area contributed by atoms with E-state index in [4.69, 9.17) is 0 Å². The number of rotatable bonds is 4. The lowest BCUT2D eigenvalue weighted by Crippen LogP contribution is -2.16. The van der Waals surface area contributed by atoms with Crippen molar-refractivity contribution in [3.05, 3.63) is 42.2 Å². The molecule has 0 spiro atoms. The summed E-state index contributed by atoms with van der Waals surface area (Å²) in [7, 11) is 1.80. The first-order chi connectivity index (χ1) is 9.08. The number of hydrogen-bond donors (Lipinski definition) is 1. The van der Waals surface area contributed by atoms with Crippen molar-refractivity contribution in [2.45, 2.75) is 5.16 Å². The van der Waals surface area contributed by atoms with Crippen molar-refractivity contribution in [3.63, 3.8) is 0 Å². The maximum atomic E-state index is 13.3. The van der Waals surface area contributed by atoms with E-state index in [1.165, 1.54) is 17.8 Å². The third-order valence-electron chi connectivity index (χ3n) is 2.34. The molecule has 0 saturated carbocycles. The first kappa shape index (κ1) is 13.5. The number of carbonyl (C=O) groups is 1. The van der Waals surface area contributed by atoms with E-state index in [2.05, 4.69) is 10.3 Å². The first-order valence-corrected chi connectivity index (χ1v) is 6.40. The highest BCUT2D eigenvalue weighted by molar-refractivity contribution is 7.99. The van der Waals surface area contributed by atoms with Crippen molar-refractivity contribution in [3.8, 4) is 0 Å². The Hall–Kier alpha value is -1.89. The van der Waals surface area contributed by atoms with Crippen molar-refractivity contribution < 1.29 is 13.6 Å². The normalized spacial score (nSPS) is 10.5. The Morgan fingerprint density at radius 2 is 2.11 bits per heavy atom. The van der Waals surface area contributed by atoms with Gasteiger partial charge in [-0.25, -0.2) is 13.8 Å². The van der Waals surface area contributed by atoms with Gasteiger partial charge in [0.2, 0.25) is 5.91 Å². The van der Waals surface area contributed by atoms with E-state index in [0.717, 1.165) is 12.1 Å². The van der Waals surface area contributed by atoms with Crippen LogP contribution in [0.1, 0.15) is 0 Å². The Bertz CT molecular complexity index is 580. The standard InChI is InChI=1S/C12H11F2N3OS/c1-17-6-5-15-12(17)19-7-10(18)16-11-8(13)3-2-4-9(11)14/h2-6H,7H2,1H3,(H,16,18). The molecule has 0 bridgehead atoms. The highest BCUT2D eigenvalue weighted by Gasteiger charge is 2.12. The van der Waals surface area contributed by atoms with Gasteiger partial charge in [-0.05, 0) is 12.1 Å². The minimum absolute atomic E-state index is 0.0264. The van der Waals surface area contributed by atoms with Crippen LogP contribution in [0, 0.1) is 11.6 Å². The Labute approximate surface area is 112 Å². The molecule has 1 N–H and O–H groups in total. The van der Waals surface area contributed by atoms with Crippen LogP contribution in [0.2, 0.25) is 0 Å². The van der Waals surface area contributed by atoms with Crippen molar-refractivity contribution in [2.75, 3.05) is 11.1 Å². The average molecular weight is 283 g/mol. The van der Waals surface area contributed by atoms with Crippen LogP contribution in [-0.4, -0.2) is 21.2 Å². The van der Waals surface area contributed by atoms with E-state index in [1.807, 2.05) is 0 Å². The molecule has 2 aromatic rings. The summed E-state index contributed by atoms with van der Waals surface area (Å²) in [5.74, 6) is -2.05. The fraction of sp³-hybridized carbons (Fsp3) is 0.167. The number of halogens is 2. The van der Waals surface area contributed by atoms with Gasteiger partial charge >= 0.3 is 0 Å². The summed E-state index contributed by atoms with van der Waals surface area (Å²) in [6, 6.07) is 3.41. The Balaban J connectivity index is 1.97. The molecule has 0 saturated heterocycles. The number of hydrogen-bond acceptors (Lipinski definition) is 3. The van der Waals surface area contributed by atoms with Gasteiger partial charge in [-0.3, -0.25) is 4.79 Å². The molecule has 1 heterocycles. The van der Waals surface area contributed by atoms with Gasteiger partial charge < -0.3 is 9.88 Å². The maximum absolute atomic E-state index is 13.3. The zero-order valence-electron chi connectivity index (χ0n) is 10.1. The van der Waals surface area contributed by atoms with E-state index in [0.29, 0.717) is 5.16 Å². The van der Waals surface area contributed by atoms with Gasteiger partial charge in [0.15, 0.2) is 5.16 Å². The monoisotopic (exact) mass is 283 g/mol. The molecule has 2 rings (SSSR count). The summed E-state index contributed by atoms with van der Waals surface area (Å²) in [5, 5.41) is 2.87. The fourth-order valence-electron chi connectivity index (χ4n) is 1.41. The van der Waals surface area contributed by atoms with Crippen molar-refractivity contribution >= 4 is 23.4 Å². The SMILES string of the molecule is Cn1ccnc1SCC(=O)Nc1c(F)cccc1F. The van der Waals surface area contributed by atoms with Gasteiger partial charge in [0.1, 0.15) is 17.3 Å². The summed E-state index contributed by atoms with van der Waals surface area (Å²) in [6.45, 7) is 0. The van der Waals surface area contributed by atoms with Gasteiger partial charge in [0, 0.05) is 19.4 Å². The number of benzene rings is 1. The van der Waals surface area contributed by atoms with Gasteiger partial charge in [-0.15, -0.1) is 0 Å². The molecular weight excluding hydrogens is 272 g/mol. The number of aryl methyl sites for hydroxylation is 1. The molecule has 0 aliphatic carbocycles. The molecule has 1 aromatic heterocycles. The molecule has 4 nitrogen and oxygen atoms in total. The molecule has 1 amide bonds. The van der Waals surface area contributed by atoms with Crippen molar-refractivity contribution in [2.24, 2.45) is 7.05 Å². The van der Waals surface area contributed by atoms with Gasteiger partial charge in [-0.2, -0.15) is 0 Å². The molecule has 7 heteroatoms. The second-order valence-corrected chi connectivity index (χ2v) is 4.70. The van der Waals surface area contributed by atoms with E-state index in [9.17, 15) is 13.6 Å². The summed E-state index contributed by atoms with van der Waals surface area (Å²) < 4.78 is 28.4. The van der Waals surface area contributed by atoms with Crippen LogP contribution in [0.15, 0.2) is 35.7 Å². The molecule has 0 unspecified atom stereocenters. The zero-order chi connectivity index (χ0) is 13.8.